The number of hydrogen-bond acceptors (Lipinski definition) is 3. The fraction of sp³-hybridized carbons (Fsp3) is 0.300. The second-order valence-electron chi connectivity index (χ2n) is 7.66. The first kappa shape index (κ1) is 15.7. The van der Waals surface area contributed by atoms with Crippen molar-refractivity contribution < 1.29 is 14.3 Å². The van der Waals surface area contributed by atoms with Crippen LogP contribution in [0.5, 0.6) is 0 Å². The van der Waals surface area contributed by atoms with Gasteiger partial charge in [0, 0.05) is 29.3 Å². The Kier molecular flexibility index (Phi) is 3.19. The average molecular weight is 337 g/mol. The SMILES string of the molecule is CC(C)(C)[C@@H]1Cc2c(ccc3occc23)-c2cc(=O)c(C(=O)O)cn21. The van der Waals surface area contributed by atoms with E-state index in [-0.39, 0.29) is 17.0 Å². The Hall–Kier alpha value is -2.82. The standard InChI is InChI=1S/C20H19NO4/c1-20(2,3)18-8-13-11(4-5-17-12(13)6-7-25-17)15-9-16(22)14(19(23)24)10-21(15)18/h4-7,9-10,18H,8H2,1-3H3,(H,23,24)/t18-/m0/s1. The highest BCUT2D eigenvalue weighted by Gasteiger charge is 2.34. The molecule has 1 aliphatic rings. The summed E-state index contributed by atoms with van der Waals surface area (Å²) in [5.74, 6) is -1.19. The number of aromatic carboxylic acids is 1. The zero-order valence-electron chi connectivity index (χ0n) is 14.4. The van der Waals surface area contributed by atoms with Crippen LogP contribution in [0.3, 0.4) is 0 Å². The van der Waals surface area contributed by atoms with E-state index >= 15 is 0 Å². The number of carboxylic acid groups (broad SMARTS) is 1. The van der Waals surface area contributed by atoms with Crippen molar-refractivity contribution in [2.75, 3.05) is 0 Å². The summed E-state index contributed by atoms with van der Waals surface area (Å²) in [6.45, 7) is 6.38. The smallest absolute Gasteiger partial charge is 0.341 e. The van der Waals surface area contributed by atoms with Gasteiger partial charge in [0.1, 0.15) is 11.1 Å². The number of pyridine rings is 1. The van der Waals surface area contributed by atoms with Gasteiger partial charge in [-0.05, 0) is 35.6 Å². The zero-order valence-corrected chi connectivity index (χ0v) is 14.4. The fourth-order valence-electron chi connectivity index (χ4n) is 3.76. The van der Waals surface area contributed by atoms with Crippen molar-refractivity contribution >= 4 is 16.9 Å². The highest BCUT2D eigenvalue weighted by molar-refractivity contribution is 5.90. The second kappa shape index (κ2) is 5.09. The van der Waals surface area contributed by atoms with Crippen LogP contribution in [-0.2, 0) is 6.42 Å². The number of hydrogen-bond donors (Lipinski definition) is 1. The summed E-state index contributed by atoms with van der Waals surface area (Å²) in [6.07, 6.45) is 3.93. The van der Waals surface area contributed by atoms with Gasteiger partial charge in [0.2, 0.25) is 0 Å². The molecule has 1 N–H and O–H groups in total. The molecule has 0 aliphatic carbocycles. The van der Waals surface area contributed by atoms with Crippen molar-refractivity contribution in [2.24, 2.45) is 5.41 Å². The van der Waals surface area contributed by atoms with Gasteiger partial charge in [0.05, 0.1) is 12.0 Å². The van der Waals surface area contributed by atoms with E-state index in [2.05, 4.69) is 20.8 Å². The number of nitrogens with zero attached hydrogens (tertiary/aromatic N) is 1. The molecule has 0 unspecified atom stereocenters. The summed E-state index contributed by atoms with van der Waals surface area (Å²) in [4.78, 5) is 23.7. The van der Waals surface area contributed by atoms with Crippen LogP contribution in [0.1, 0.15) is 42.7 Å². The molecule has 1 aromatic carbocycles. The van der Waals surface area contributed by atoms with Gasteiger partial charge in [-0.25, -0.2) is 4.79 Å². The van der Waals surface area contributed by atoms with E-state index in [0.717, 1.165) is 34.2 Å². The molecule has 0 fully saturated rings. The quantitative estimate of drug-likeness (QED) is 0.725. The molecule has 3 aromatic rings. The number of carboxylic acids is 1. The Morgan fingerprint density at radius 1 is 1.28 bits per heavy atom. The van der Waals surface area contributed by atoms with Crippen molar-refractivity contribution in [3.8, 4) is 11.3 Å². The molecule has 2 aromatic heterocycles. The Balaban J connectivity index is 2.08. The third-order valence-electron chi connectivity index (χ3n) is 5.07. The van der Waals surface area contributed by atoms with E-state index in [0.29, 0.717) is 0 Å². The lowest BCUT2D eigenvalue weighted by atomic mass is 9.78. The molecule has 0 amide bonds. The maximum atomic E-state index is 12.3. The van der Waals surface area contributed by atoms with Gasteiger partial charge in [0.25, 0.3) is 0 Å². The van der Waals surface area contributed by atoms with Crippen LogP contribution in [-0.4, -0.2) is 15.6 Å². The lowest BCUT2D eigenvalue weighted by Crippen LogP contribution is -2.32. The Labute approximate surface area is 144 Å². The highest BCUT2D eigenvalue weighted by atomic mass is 16.4. The number of aromatic nitrogens is 1. The normalized spacial score (nSPS) is 16.5. The largest absolute Gasteiger partial charge is 0.477 e. The number of rotatable bonds is 1. The Morgan fingerprint density at radius 2 is 2.04 bits per heavy atom. The van der Waals surface area contributed by atoms with E-state index in [9.17, 15) is 14.7 Å². The molecule has 25 heavy (non-hydrogen) atoms. The molecule has 5 heteroatoms. The van der Waals surface area contributed by atoms with Crippen molar-refractivity contribution in [1.82, 2.24) is 4.57 Å². The lowest BCUT2D eigenvalue weighted by molar-refractivity contribution is 0.0693. The second-order valence-corrected chi connectivity index (χ2v) is 7.66. The zero-order chi connectivity index (χ0) is 17.9. The summed E-state index contributed by atoms with van der Waals surface area (Å²) in [5.41, 5.74) is 2.93. The number of fused-ring (bicyclic) bond motifs is 5. The van der Waals surface area contributed by atoms with E-state index in [1.54, 1.807) is 6.26 Å². The van der Waals surface area contributed by atoms with Gasteiger partial charge in [-0.15, -0.1) is 0 Å². The maximum absolute atomic E-state index is 12.3. The summed E-state index contributed by atoms with van der Waals surface area (Å²) in [6, 6.07) is 7.28. The van der Waals surface area contributed by atoms with Crippen molar-refractivity contribution in [2.45, 2.75) is 33.2 Å². The van der Waals surface area contributed by atoms with Gasteiger partial charge in [-0.3, -0.25) is 4.79 Å². The third-order valence-corrected chi connectivity index (χ3v) is 5.07. The molecular weight excluding hydrogens is 318 g/mol. The van der Waals surface area contributed by atoms with E-state index in [1.165, 1.54) is 12.3 Å². The predicted molar refractivity (Wildman–Crippen MR) is 95.1 cm³/mol. The topological polar surface area (TPSA) is 72.4 Å². The summed E-state index contributed by atoms with van der Waals surface area (Å²) in [5, 5.41) is 10.4. The summed E-state index contributed by atoms with van der Waals surface area (Å²) >= 11 is 0. The fourth-order valence-corrected chi connectivity index (χ4v) is 3.76. The van der Waals surface area contributed by atoms with Crippen LogP contribution in [0.25, 0.3) is 22.2 Å². The molecule has 0 radical (unpaired) electrons. The highest BCUT2D eigenvalue weighted by Crippen LogP contribution is 2.44. The maximum Gasteiger partial charge on any atom is 0.341 e. The molecule has 0 bridgehead atoms. The molecule has 0 saturated carbocycles. The van der Waals surface area contributed by atoms with Crippen LogP contribution >= 0.6 is 0 Å². The lowest BCUT2D eigenvalue weighted by Gasteiger charge is -2.39. The molecule has 1 aliphatic heterocycles. The minimum Gasteiger partial charge on any atom is -0.477 e. The summed E-state index contributed by atoms with van der Waals surface area (Å²) < 4.78 is 7.48. The van der Waals surface area contributed by atoms with E-state index < -0.39 is 11.4 Å². The molecule has 128 valence electrons. The van der Waals surface area contributed by atoms with Crippen LogP contribution in [0.2, 0.25) is 0 Å². The molecular formula is C20H19NO4. The minimum absolute atomic E-state index is 0.0363. The molecule has 5 nitrogen and oxygen atoms in total. The first-order valence-electron chi connectivity index (χ1n) is 8.26. The van der Waals surface area contributed by atoms with E-state index in [4.69, 9.17) is 4.42 Å². The van der Waals surface area contributed by atoms with Gasteiger partial charge < -0.3 is 14.1 Å². The molecule has 0 saturated heterocycles. The molecule has 0 spiro atoms. The minimum atomic E-state index is -1.19. The van der Waals surface area contributed by atoms with Crippen LogP contribution < -0.4 is 5.43 Å². The van der Waals surface area contributed by atoms with Gasteiger partial charge in [-0.2, -0.15) is 0 Å². The van der Waals surface area contributed by atoms with Gasteiger partial charge >= 0.3 is 5.97 Å². The molecule has 4 rings (SSSR count). The predicted octanol–water partition coefficient (Wildman–Crippen LogP) is 4.10. The van der Waals surface area contributed by atoms with Crippen LogP contribution in [0.4, 0.5) is 0 Å². The number of benzene rings is 1. The first-order valence-corrected chi connectivity index (χ1v) is 8.26. The van der Waals surface area contributed by atoms with Gasteiger partial charge in [-0.1, -0.05) is 20.8 Å². The van der Waals surface area contributed by atoms with Crippen LogP contribution in [0, 0.1) is 5.41 Å². The molecule has 1 atom stereocenters. The Bertz CT molecular complexity index is 1070. The monoisotopic (exact) mass is 337 g/mol. The third kappa shape index (κ3) is 2.30. The number of carbonyl (C=O) groups is 1. The van der Waals surface area contributed by atoms with Crippen molar-refractivity contribution in [3.63, 3.8) is 0 Å². The first-order chi connectivity index (χ1) is 11.8. The van der Waals surface area contributed by atoms with E-state index in [1.807, 2.05) is 22.8 Å². The molecule has 3 heterocycles. The average Bonchev–Trinajstić information content (AvgIpc) is 3.01. The van der Waals surface area contributed by atoms with Crippen molar-refractivity contribution in [3.05, 3.63) is 58.1 Å². The summed E-state index contributed by atoms with van der Waals surface area (Å²) in [7, 11) is 0. The van der Waals surface area contributed by atoms with Crippen molar-refractivity contribution in [1.29, 1.82) is 0 Å². The van der Waals surface area contributed by atoms with Crippen LogP contribution in [0.15, 0.2) is 45.9 Å². The Morgan fingerprint density at radius 3 is 2.72 bits per heavy atom. The van der Waals surface area contributed by atoms with Gasteiger partial charge in [0.15, 0.2) is 5.43 Å². The number of furan rings is 1.